The van der Waals surface area contributed by atoms with Crippen molar-refractivity contribution in [2.45, 2.75) is 53.1 Å². The van der Waals surface area contributed by atoms with Crippen molar-refractivity contribution in [3.63, 3.8) is 0 Å². The number of rotatable bonds is 5. The highest BCUT2D eigenvalue weighted by Gasteiger charge is 2.22. The Morgan fingerprint density at radius 1 is 1.33 bits per heavy atom. The fraction of sp³-hybridized carbons (Fsp3) is 0.588. The van der Waals surface area contributed by atoms with Crippen LogP contribution in [0.15, 0.2) is 6.20 Å². The SMILES string of the molecule is CCc1nnc2n1C[C@@H](CNCc1c(C)nc3sc(C)cn13)CC2. The molecule has 0 amide bonds. The second-order valence-electron chi connectivity index (χ2n) is 6.67. The largest absolute Gasteiger partial charge is 0.315 e. The van der Waals surface area contributed by atoms with Crippen LogP contribution in [0.4, 0.5) is 0 Å². The van der Waals surface area contributed by atoms with Crippen molar-refractivity contribution >= 4 is 16.3 Å². The summed E-state index contributed by atoms with van der Waals surface area (Å²) in [5.74, 6) is 2.92. The summed E-state index contributed by atoms with van der Waals surface area (Å²) in [6.45, 7) is 9.32. The highest BCUT2D eigenvalue weighted by atomic mass is 32.1. The zero-order chi connectivity index (χ0) is 16.7. The summed E-state index contributed by atoms with van der Waals surface area (Å²) >= 11 is 1.75. The molecule has 3 aromatic heterocycles. The zero-order valence-electron chi connectivity index (χ0n) is 14.5. The molecular formula is C17H24N6S. The van der Waals surface area contributed by atoms with Crippen molar-refractivity contribution in [3.8, 4) is 0 Å². The molecule has 0 aromatic carbocycles. The smallest absolute Gasteiger partial charge is 0.194 e. The van der Waals surface area contributed by atoms with Crippen LogP contribution in [0.25, 0.3) is 4.96 Å². The lowest BCUT2D eigenvalue weighted by Gasteiger charge is -2.24. The Labute approximate surface area is 145 Å². The molecule has 128 valence electrons. The lowest BCUT2D eigenvalue weighted by Crippen LogP contribution is -2.31. The van der Waals surface area contributed by atoms with E-state index < -0.39 is 0 Å². The molecule has 0 saturated heterocycles. The molecule has 4 heterocycles. The molecule has 3 aromatic rings. The monoisotopic (exact) mass is 344 g/mol. The average Bonchev–Trinajstić information content (AvgIpc) is 3.20. The summed E-state index contributed by atoms with van der Waals surface area (Å²) < 4.78 is 4.55. The average molecular weight is 344 g/mol. The third kappa shape index (κ3) is 2.75. The molecule has 4 rings (SSSR count). The van der Waals surface area contributed by atoms with Crippen LogP contribution in [0, 0.1) is 19.8 Å². The molecule has 1 N–H and O–H groups in total. The molecule has 0 aliphatic carbocycles. The fourth-order valence-electron chi connectivity index (χ4n) is 3.60. The Morgan fingerprint density at radius 3 is 3.04 bits per heavy atom. The predicted octanol–water partition coefficient (Wildman–Crippen LogP) is 2.52. The summed E-state index contributed by atoms with van der Waals surface area (Å²) in [7, 11) is 0. The number of hydrogen-bond acceptors (Lipinski definition) is 5. The molecule has 0 saturated carbocycles. The molecular weight excluding hydrogens is 320 g/mol. The first kappa shape index (κ1) is 15.8. The minimum atomic E-state index is 0.645. The van der Waals surface area contributed by atoms with Crippen LogP contribution in [0.2, 0.25) is 0 Å². The van der Waals surface area contributed by atoms with Gasteiger partial charge in [0.05, 0.1) is 11.4 Å². The van der Waals surface area contributed by atoms with Crippen LogP contribution in [-0.4, -0.2) is 30.7 Å². The second-order valence-corrected chi connectivity index (χ2v) is 7.88. The van der Waals surface area contributed by atoms with E-state index in [2.05, 4.69) is 56.4 Å². The quantitative estimate of drug-likeness (QED) is 0.773. The van der Waals surface area contributed by atoms with E-state index in [1.807, 2.05) is 0 Å². The van der Waals surface area contributed by atoms with E-state index in [9.17, 15) is 0 Å². The maximum atomic E-state index is 4.67. The molecule has 6 nitrogen and oxygen atoms in total. The minimum Gasteiger partial charge on any atom is -0.315 e. The molecule has 1 atom stereocenters. The van der Waals surface area contributed by atoms with Gasteiger partial charge in [0.25, 0.3) is 0 Å². The van der Waals surface area contributed by atoms with Gasteiger partial charge in [0.2, 0.25) is 0 Å². The van der Waals surface area contributed by atoms with Gasteiger partial charge < -0.3 is 9.88 Å². The van der Waals surface area contributed by atoms with Gasteiger partial charge in [0.1, 0.15) is 11.6 Å². The Balaban J connectivity index is 1.40. The predicted molar refractivity (Wildman–Crippen MR) is 95.5 cm³/mol. The molecule has 1 aliphatic rings. The van der Waals surface area contributed by atoms with Crippen LogP contribution in [0.3, 0.4) is 0 Å². The summed E-state index contributed by atoms with van der Waals surface area (Å²) in [6.07, 6.45) is 5.37. The summed E-state index contributed by atoms with van der Waals surface area (Å²) in [6, 6.07) is 0. The number of hydrogen-bond donors (Lipinski definition) is 1. The summed E-state index contributed by atoms with van der Waals surface area (Å²) in [5, 5.41) is 12.3. The van der Waals surface area contributed by atoms with Gasteiger partial charge in [-0.3, -0.25) is 4.40 Å². The van der Waals surface area contributed by atoms with Crippen LogP contribution >= 0.6 is 11.3 Å². The normalized spacial score (nSPS) is 17.5. The van der Waals surface area contributed by atoms with Gasteiger partial charge in [-0.1, -0.05) is 6.92 Å². The highest BCUT2D eigenvalue weighted by Crippen LogP contribution is 2.22. The molecule has 0 spiro atoms. The molecule has 0 fully saturated rings. The van der Waals surface area contributed by atoms with Crippen LogP contribution in [0.5, 0.6) is 0 Å². The first-order valence-electron chi connectivity index (χ1n) is 8.71. The zero-order valence-corrected chi connectivity index (χ0v) is 15.4. The Hall–Kier alpha value is -1.73. The Bertz CT molecular complexity index is 845. The topological polar surface area (TPSA) is 60.0 Å². The van der Waals surface area contributed by atoms with Gasteiger partial charge in [0.15, 0.2) is 4.96 Å². The molecule has 24 heavy (non-hydrogen) atoms. The number of thiazole rings is 1. The first-order chi connectivity index (χ1) is 11.7. The molecule has 0 radical (unpaired) electrons. The molecule has 0 unspecified atom stereocenters. The van der Waals surface area contributed by atoms with Gasteiger partial charge in [-0.15, -0.1) is 21.5 Å². The van der Waals surface area contributed by atoms with Crippen LogP contribution < -0.4 is 5.32 Å². The van der Waals surface area contributed by atoms with Gasteiger partial charge in [-0.2, -0.15) is 0 Å². The van der Waals surface area contributed by atoms with Gasteiger partial charge in [-0.25, -0.2) is 4.98 Å². The standard InChI is InChI=1S/C17H24N6S/c1-4-15-20-21-16-6-5-13(10-23(15)16)7-18-8-14-12(3)19-17-22(14)9-11(2)24-17/h9,13,18H,4-8,10H2,1-3H3/t13-/m1/s1. The molecule has 0 bridgehead atoms. The summed E-state index contributed by atoms with van der Waals surface area (Å²) in [4.78, 5) is 7.07. The summed E-state index contributed by atoms with van der Waals surface area (Å²) in [5.41, 5.74) is 2.41. The number of aryl methyl sites for hydroxylation is 4. The van der Waals surface area contributed by atoms with Crippen molar-refractivity contribution in [2.24, 2.45) is 5.92 Å². The van der Waals surface area contributed by atoms with E-state index in [-0.39, 0.29) is 0 Å². The van der Waals surface area contributed by atoms with E-state index in [1.54, 1.807) is 11.3 Å². The number of fused-ring (bicyclic) bond motifs is 2. The molecule has 1 aliphatic heterocycles. The number of nitrogens with one attached hydrogen (secondary N) is 1. The lowest BCUT2D eigenvalue weighted by atomic mass is 9.99. The van der Waals surface area contributed by atoms with Crippen molar-refractivity contribution in [1.29, 1.82) is 0 Å². The Kier molecular flexibility index (Phi) is 4.14. The van der Waals surface area contributed by atoms with Crippen molar-refractivity contribution in [2.75, 3.05) is 6.54 Å². The number of imidazole rings is 1. The van der Waals surface area contributed by atoms with Crippen LogP contribution in [-0.2, 0) is 25.9 Å². The highest BCUT2D eigenvalue weighted by molar-refractivity contribution is 7.17. The Morgan fingerprint density at radius 2 is 2.21 bits per heavy atom. The number of aromatic nitrogens is 5. The third-order valence-corrected chi connectivity index (χ3v) is 5.80. The lowest BCUT2D eigenvalue weighted by molar-refractivity contribution is 0.342. The van der Waals surface area contributed by atoms with Gasteiger partial charge in [0, 0.05) is 43.5 Å². The maximum absolute atomic E-state index is 4.67. The van der Waals surface area contributed by atoms with E-state index in [0.29, 0.717) is 5.92 Å². The second kappa shape index (κ2) is 6.29. The van der Waals surface area contributed by atoms with E-state index in [0.717, 1.165) is 54.8 Å². The van der Waals surface area contributed by atoms with Crippen molar-refractivity contribution in [1.82, 2.24) is 29.5 Å². The number of nitrogens with zero attached hydrogens (tertiary/aromatic N) is 5. The van der Waals surface area contributed by atoms with Crippen molar-refractivity contribution in [3.05, 3.63) is 34.1 Å². The fourth-order valence-corrected chi connectivity index (χ4v) is 4.49. The third-order valence-electron chi connectivity index (χ3n) is 4.90. The van der Waals surface area contributed by atoms with E-state index >= 15 is 0 Å². The van der Waals surface area contributed by atoms with E-state index in [4.69, 9.17) is 0 Å². The van der Waals surface area contributed by atoms with Crippen molar-refractivity contribution < 1.29 is 0 Å². The maximum Gasteiger partial charge on any atom is 0.194 e. The van der Waals surface area contributed by atoms with Gasteiger partial charge in [-0.05, 0) is 26.2 Å². The first-order valence-corrected chi connectivity index (χ1v) is 9.53. The molecule has 7 heteroatoms. The van der Waals surface area contributed by atoms with E-state index in [1.165, 1.54) is 17.0 Å². The van der Waals surface area contributed by atoms with Gasteiger partial charge >= 0.3 is 0 Å². The van der Waals surface area contributed by atoms with Crippen LogP contribution in [0.1, 0.15) is 41.3 Å². The minimum absolute atomic E-state index is 0.645.